The molecule has 0 saturated heterocycles. The second-order valence-electron chi connectivity index (χ2n) is 7.48. The number of nitrogens with zero attached hydrogens (tertiary/aromatic N) is 1. The summed E-state index contributed by atoms with van der Waals surface area (Å²) < 4.78 is 0. The van der Waals surface area contributed by atoms with Crippen LogP contribution in [0, 0.1) is 23.7 Å². The second kappa shape index (κ2) is 6.07. The Labute approximate surface area is 147 Å². The first-order chi connectivity index (χ1) is 11.3. The standard InChI is InChI=1S/C20H22N2OS/c1-12-7-5-6-8-14(12)18(23)22-19-16(11-21)15-10-20(3,4)9-13(2)17(15)24-19/h5-8,13H,9-10H2,1-4H3,(H,22,23)/t13-/m1/s1. The van der Waals surface area contributed by atoms with Gasteiger partial charge in [0.05, 0.1) is 5.56 Å². The van der Waals surface area contributed by atoms with Gasteiger partial charge in [-0.15, -0.1) is 11.3 Å². The van der Waals surface area contributed by atoms with Crippen LogP contribution in [0.5, 0.6) is 0 Å². The Kier molecular flexibility index (Phi) is 4.23. The van der Waals surface area contributed by atoms with Crippen LogP contribution in [0.1, 0.15) is 65.0 Å². The summed E-state index contributed by atoms with van der Waals surface area (Å²) in [6, 6.07) is 9.84. The van der Waals surface area contributed by atoms with E-state index in [1.54, 1.807) is 11.3 Å². The lowest BCUT2D eigenvalue weighted by Gasteiger charge is -2.33. The van der Waals surface area contributed by atoms with Gasteiger partial charge < -0.3 is 5.32 Å². The molecule has 2 aromatic rings. The molecule has 3 nitrogen and oxygen atoms in total. The van der Waals surface area contributed by atoms with Crippen LogP contribution in [0.15, 0.2) is 24.3 Å². The van der Waals surface area contributed by atoms with Gasteiger partial charge in [0.25, 0.3) is 5.91 Å². The van der Waals surface area contributed by atoms with Gasteiger partial charge in [0.2, 0.25) is 0 Å². The Morgan fingerprint density at radius 2 is 2.08 bits per heavy atom. The van der Waals surface area contributed by atoms with Crippen LogP contribution < -0.4 is 5.32 Å². The molecule has 1 atom stereocenters. The first kappa shape index (κ1) is 16.7. The Hall–Kier alpha value is -2.12. The van der Waals surface area contributed by atoms with Gasteiger partial charge in [0.15, 0.2) is 0 Å². The van der Waals surface area contributed by atoms with E-state index in [-0.39, 0.29) is 11.3 Å². The molecule has 1 aromatic heterocycles. The smallest absolute Gasteiger partial charge is 0.256 e. The third-order valence-electron chi connectivity index (χ3n) is 4.73. The highest BCUT2D eigenvalue weighted by atomic mass is 32.1. The van der Waals surface area contributed by atoms with Gasteiger partial charge in [0, 0.05) is 10.4 Å². The van der Waals surface area contributed by atoms with Gasteiger partial charge in [-0.2, -0.15) is 5.26 Å². The summed E-state index contributed by atoms with van der Waals surface area (Å²) in [4.78, 5) is 13.9. The summed E-state index contributed by atoms with van der Waals surface area (Å²) in [7, 11) is 0. The van der Waals surface area contributed by atoms with Crippen LogP contribution in [0.4, 0.5) is 5.00 Å². The lowest BCUT2D eigenvalue weighted by molar-refractivity contribution is 0.102. The molecule has 0 aliphatic heterocycles. The minimum atomic E-state index is -0.143. The fraction of sp³-hybridized carbons (Fsp3) is 0.400. The van der Waals surface area contributed by atoms with Gasteiger partial charge in [-0.05, 0) is 48.3 Å². The van der Waals surface area contributed by atoms with Crippen LogP contribution in [0.25, 0.3) is 0 Å². The topological polar surface area (TPSA) is 52.9 Å². The number of rotatable bonds is 2. The monoisotopic (exact) mass is 338 g/mol. The van der Waals surface area contributed by atoms with Crippen molar-refractivity contribution in [3.05, 3.63) is 51.4 Å². The zero-order valence-corrected chi connectivity index (χ0v) is 15.4. The van der Waals surface area contributed by atoms with Crippen LogP contribution in [0.2, 0.25) is 0 Å². The summed E-state index contributed by atoms with van der Waals surface area (Å²) in [5.74, 6) is 0.278. The summed E-state index contributed by atoms with van der Waals surface area (Å²) >= 11 is 1.57. The summed E-state index contributed by atoms with van der Waals surface area (Å²) in [6.07, 6.45) is 2.00. The van der Waals surface area contributed by atoms with Gasteiger partial charge in [-0.1, -0.05) is 39.0 Å². The predicted molar refractivity (Wildman–Crippen MR) is 98.7 cm³/mol. The predicted octanol–water partition coefficient (Wildman–Crippen LogP) is 5.26. The summed E-state index contributed by atoms with van der Waals surface area (Å²) in [5.41, 5.74) is 3.56. The zero-order chi connectivity index (χ0) is 17.5. The molecule has 1 aliphatic carbocycles. The number of carbonyl (C=O) groups is 1. The van der Waals surface area contributed by atoms with Crippen molar-refractivity contribution in [1.29, 1.82) is 5.26 Å². The van der Waals surface area contributed by atoms with E-state index >= 15 is 0 Å². The molecule has 0 saturated carbocycles. The van der Waals surface area contributed by atoms with Gasteiger partial charge >= 0.3 is 0 Å². The van der Waals surface area contributed by atoms with Crippen molar-refractivity contribution in [2.24, 2.45) is 5.41 Å². The van der Waals surface area contributed by atoms with Crippen LogP contribution >= 0.6 is 11.3 Å². The highest BCUT2D eigenvalue weighted by Gasteiger charge is 2.34. The third kappa shape index (κ3) is 2.97. The third-order valence-corrected chi connectivity index (χ3v) is 6.11. The van der Waals surface area contributed by atoms with E-state index in [0.717, 1.165) is 24.0 Å². The summed E-state index contributed by atoms with van der Waals surface area (Å²) in [5, 5.41) is 13.3. The van der Waals surface area contributed by atoms with E-state index in [1.165, 1.54) is 4.88 Å². The van der Waals surface area contributed by atoms with Crippen LogP contribution in [-0.4, -0.2) is 5.91 Å². The van der Waals surface area contributed by atoms with E-state index in [1.807, 2.05) is 31.2 Å². The Morgan fingerprint density at radius 1 is 1.38 bits per heavy atom. The maximum Gasteiger partial charge on any atom is 0.256 e. The molecule has 0 bridgehead atoms. The van der Waals surface area contributed by atoms with E-state index in [9.17, 15) is 10.1 Å². The van der Waals surface area contributed by atoms with Gasteiger partial charge in [-0.25, -0.2) is 0 Å². The molecule has 0 fully saturated rings. The fourth-order valence-corrected chi connectivity index (χ4v) is 4.95. The number of aryl methyl sites for hydroxylation is 1. The molecule has 1 heterocycles. The van der Waals surface area contributed by atoms with Crippen molar-refractivity contribution >= 4 is 22.2 Å². The number of thiophene rings is 1. The van der Waals surface area contributed by atoms with E-state index < -0.39 is 0 Å². The molecule has 0 unspecified atom stereocenters. The molecule has 24 heavy (non-hydrogen) atoms. The second-order valence-corrected chi connectivity index (χ2v) is 8.53. The average molecular weight is 338 g/mol. The van der Waals surface area contributed by atoms with Crippen molar-refractivity contribution in [3.8, 4) is 6.07 Å². The number of hydrogen-bond acceptors (Lipinski definition) is 3. The molecule has 1 amide bonds. The number of benzene rings is 1. The number of anilines is 1. The molecule has 124 valence electrons. The molecule has 1 aromatic carbocycles. The lowest BCUT2D eigenvalue weighted by Crippen LogP contribution is -2.23. The summed E-state index contributed by atoms with van der Waals surface area (Å²) in [6.45, 7) is 8.63. The SMILES string of the molecule is Cc1ccccc1C(=O)Nc1sc2c(c1C#N)CC(C)(C)C[C@H]2C. The highest BCUT2D eigenvalue weighted by Crippen LogP contribution is 2.48. The number of nitrogens with one attached hydrogen (secondary N) is 1. The number of fused-ring (bicyclic) bond motifs is 1. The molecular formula is C20H22N2OS. The molecule has 1 aliphatic rings. The first-order valence-corrected chi connectivity index (χ1v) is 9.06. The Balaban J connectivity index is 1.98. The number of carbonyl (C=O) groups excluding carboxylic acids is 1. The van der Waals surface area contributed by atoms with E-state index in [0.29, 0.717) is 22.0 Å². The van der Waals surface area contributed by atoms with Crippen molar-refractivity contribution < 1.29 is 4.79 Å². The van der Waals surface area contributed by atoms with Crippen LogP contribution in [0.3, 0.4) is 0 Å². The zero-order valence-electron chi connectivity index (χ0n) is 14.6. The largest absolute Gasteiger partial charge is 0.312 e. The molecule has 0 spiro atoms. The maximum atomic E-state index is 12.6. The number of amides is 1. The van der Waals surface area contributed by atoms with Crippen molar-refractivity contribution in [3.63, 3.8) is 0 Å². The van der Waals surface area contributed by atoms with Gasteiger partial charge in [0.1, 0.15) is 11.1 Å². The average Bonchev–Trinajstić information content (AvgIpc) is 2.83. The maximum absolute atomic E-state index is 12.6. The van der Waals surface area contributed by atoms with E-state index in [4.69, 9.17) is 0 Å². The Morgan fingerprint density at radius 3 is 2.75 bits per heavy atom. The minimum Gasteiger partial charge on any atom is -0.312 e. The molecule has 4 heteroatoms. The van der Waals surface area contributed by atoms with Crippen molar-refractivity contribution in [1.82, 2.24) is 0 Å². The number of nitriles is 1. The van der Waals surface area contributed by atoms with E-state index in [2.05, 4.69) is 32.2 Å². The number of hydrogen-bond donors (Lipinski definition) is 1. The van der Waals surface area contributed by atoms with Crippen molar-refractivity contribution in [2.75, 3.05) is 5.32 Å². The molecule has 3 rings (SSSR count). The highest BCUT2D eigenvalue weighted by molar-refractivity contribution is 7.16. The quantitative estimate of drug-likeness (QED) is 0.812. The Bertz CT molecular complexity index is 842. The first-order valence-electron chi connectivity index (χ1n) is 8.25. The molecule has 0 radical (unpaired) electrons. The van der Waals surface area contributed by atoms with Crippen LogP contribution in [-0.2, 0) is 6.42 Å². The van der Waals surface area contributed by atoms with Gasteiger partial charge in [-0.3, -0.25) is 4.79 Å². The lowest BCUT2D eigenvalue weighted by atomic mass is 9.72. The van der Waals surface area contributed by atoms with Crippen molar-refractivity contribution in [2.45, 2.75) is 46.5 Å². The normalized spacial score (nSPS) is 18.5. The molecular weight excluding hydrogens is 316 g/mol. The fourth-order valence-electron chi connectivity index (χ4n) is 3.73. The minimum absolute atomic E-state index is 0.143. The molecule has 1 N–H and O–H groups in total.